The van der Waals surface area contributed by atoms with Gasteiger partial charge >= 0.3 is 0 Å². The van der Waals surface area contributed by atoms with Crippen molar-refractivity contribution in [1.82, 2.24) is 0 Å². The van der Waals surface area contributed by atoms with Crippen LogP contribution in [0.5, 0.6) is 0 Å². The van der Waals surface area contributed by atoms with Gasteiger partial charge in [-0.2, -0.15) is 0 Å². The van der Waals surface area contributed by atoms with Gasteiger partial charge in [0.2, 0.25) is 0 Å². The van der Waals surface area contributed by atoms with Crippen molar-refractivity contribution in [3.8, 4) is 0 Å². The van der Waals surface area contributed by atoms with Gasteiger partial charge in [-0.25, -0.2) is 8.42 Å². The summed E-state index contributed by atoms with van der Waals surface area (Å²) in [4.78, 5) is 0. The molecule has 0 spiro atoms. The molecule has 0 radical (unpaired) electrons. The largest absolute Gasteiger partial charge is 0.328 e. The summed E-state index contributed by atoms with van der Waals surface area (Å²) < 4.78 is 22.5. The Morgan fingerprint density at radius 3 is 2.64 bits per heavy atom. The molecule has 0 aromatic rings. The minimum Gasteiger partial charge on any atom is -0.328 e. The maximum absolute atomic E-state index is 11.2. The first-order valence-corrected chi connectivity index (χ1v) is 5.71. The smallest absolute Gasteiger partial charge is 0.153 e. The maximum Gasteiger partial charge on any atom is 0.153 e. The molecule has 0 amide bonds. The molecular weight excluding hydrogens is 162 g/mol. The van der Waals surface area contributed by atoms with Gasteiger partial charge < -0.3 is 5.73 Å². The van der Waals surface area contributed by atoms with Crippen LogP contribution in [0.3, 0.4) is 0 Å². The summed E-state index contributed by atoms with van der Waals surface area (Å²) in [6, 6.07) is 0.00729. The summed E-state index contributed by atoms with van der Waals surface area (Å²) in [5, 5.41) is -0.150. The highest BCUT2D eigenvalue weighted by Crippen LogP contribution is 2.23. The Balaban J connectivity index is 2.59. The predicted molar refractivity (Wildman–Crippen MR) is 45.1 cm³/mol. The first-order valence-electron chi connectivity index (χ1n) is 3.99. The first-order chi connectivity index (χ1) is 5.02. The molecule has 1 aliphatic rings. The van der Waals surface area contributed by atoms with Crippen LogP contribution in [0.1, 0.15) is 26.2 Å². The molecule has 1 fully saturated rings. The second-order valence-electron chi connectivity index (χ2n) is 3.34. The molecule has 0 saturated carbocycles. The normalized spacial score (nSPS) is 32.0. The van der Waals surface area contributed by atoms with Crippen molar-refractivity contribution in [1.29, 1.82) is 0 Å². The lowest BCUT2D eigenvalue weighted by molar-refractivity contribution is 0.563. The number of hydrogen-bond acceptors (Lipinski definition) is 3. The Morgan fingerprint density at radius 2 is 2.27 bits per heavy atom. The Morgan fingerprint density at radius 1 is 1.64 bits per heavy atom. The monoisotopic (exact) mass is 177 g/mol. The summed E-state index contributed by atoms with van der Waals surface area (Å²) in [5.74, 6) is 0.365. The zero-order chi connectivity index (χ0) is 8.48. The highest BCUT2D eigenvalue weighted by molar-refractivity contribution is 7.92. The van der Waals surface area contributed by atoms with Crippen LogP contribution in [0.25, 0.3) is 0 Å². The van der Waals surface area contributed by atoms with E-state index in [2.05, 4.69) is 0 Å². The van der Waals surface area contributed by atoms with Crippen molar-refractivity contribution in [2.75, 3.05) is 5.75 Å². The fourth-order valence-corrected chi connectivity index (χ4v) is 3.56. The summed E-state index contributed by atoms with van der Waals surface area (Å²) in [6.45, 7) is 1.86. The topological polar surface area (TPSA) is 60.2 Å². The van der Waals surface area contributed by atoms with E-state index in [4.69, 9.17) is 5.73 Å². The zero-order valence-corrected chi connectivity index (χ0v) is 7.60. The predicted octanol–water partition coefficient (Wildman–Crippen LogP) is 0.301. The lowest BCUT2D eigenvalue weighted by Crippen LogP contribution is -2.26. The molecule has 0 aromatic heterocycles. The second kappa shape index (κ2) is 3.11. The minimum absolute atomic E-state index is 0.00729. The number of sulfone groups is 1. The van der Waals surface area contributed by atoms with E-state index >= 15 is 0 Å². The Bertz CT molecular complexity index is 221. The first kappa shape index (κ1) is 9.00. The van der Waals surface area contributed by atoms with Crippen molar-refractivity contribution in [3.05, 3.63) is 0 Å². The van der Waals surface area contributed by atoms with E-state index in [1.165, 1.54) is 0 Å². The van der Waals surface area contributed by atoms with E-state index in [0.29, 0.717) is 12.2 Å². The SMILES string of the molecule is CC(N)CC1CCCS1(=O)=O. The molecular formula is C7H15NO2S. The standard InChI is InChI=1S/C7H15NO2S/c1-6(8)5-7-3-2-4-11(7,9)10/h6-7H,2-5,8H2,1H3. The van der Waals surface area contributed by atoms with E-state index in [-0.39, 0.29) is 11.3 Å². The van der Waals surface area contributed by atoms with Crippen molar-refractivity contribution >= 4 is 9.84 Å². The summed E-state index contributed by atoms with van der Waals surface area (Å²) in [7, 11) is -2.76. The molecule has 1 aliphatic heterocycles. The van der Waals surface area contributed by atoms with Crippen LogP contribution in [-0.4, -0.2) is 25.5 Å². The third-order valence-electron chi connectivity index (χ3n) is 2.10. The van der Waals surface area contributed by atoms with Crippen molar-refractivity contribution in [2.45, 2.75) is 37.5 Å². The molecule has 3 nitrogen and oxygen atoms in total. The molecule has 0 aromatic carbocycles. The van der Waals surface area contributed by atoms with Crippen molar-refractivity contribution in [2.24, 2.45) is 5.73 Å². The van der Waals surface area contributed by atoms with Gasteiger partial charge in [0.25, 0.3) is 0 Å². The van der Waals surface area contributed by atoms with Crippen LogP contribution in [-0.2, 0) is 9.84 Å². The quantitative estimate of drug-likeness (QED) is 0.660. The van der Waals surface area contributed by atoms with E-state index in [0.717, 1.165) is 12.8 Å². The van der Waals surface area contributed by atoms with Gasteiger partial charge in [-0.15, -0.1) is 0 Å². The van der Waals surface area contributed by atoms with Gasteiger partial charge in [-0.3, -0.25) is 0 Å². The molecule has 11 heavy (non-hydrogen) atoms. The molecule has 66 valence electrons. The van der Waals surface area contributed by atoms with Gasteiger partial charge in [0.15, 0.2) is 9.84 Å². The van der Waals surface area contributed by atoms with Gasteiger partial charge in [-0.05, 0) is 26.2 Å². The van der Waals surface area contributed by atoms with Crippen molar-refractivity contribution in [3.63, 3.8) is 0 Å². The molecule has 2 atom stereocenters. The second-order valence-corrected chi connectivity index (χ2v) is 5.74. The molecule has 1 saturated heterocycles. The lowest BCUT2D eigenvalue weighted by Gasteiger charge is -2.10. The van der Waals surface area contributed by atoms with Crippen LogP contribution in [0, 0.1) is 0 Å². The van der Waals surface area contributed by atoms with Gasteiger partial charge in [0.05, 0.1) is 11.0 Å². The van der Waals surface area contributed by atoms with Gasteiger partial charge in [0.1, 0.15) is 0 Å². The van der Waals surface area contributed by atoms with E-state index in [9.17, 15) is 8.42 Å². The van der Waals surface area contributed by atoms with E-state index < -0.39 is 9.84 Å². The Labute approximate surface area is 67.9 Å². The van der Waals surface area contributed by atoms with Crippen LogP contribution in [0.2, 0.25) is 0 Å². The molecule has 4 heteroatoms. The molecule has 1 heterocycles. The highest BCUT2D eigenvalue weighted by Gasteiger charge is 2.31. The molecule has 0 aliphatic carbocycles. The van der Waals surface area contributed by atoms with Crippen molar-refractivity contribution < 1.29 is 8.42 Å². The van der Waals surface area contributed by atoms with Crippen LogP contribution in [0.15, 0.2) is 0 Å². The van der Waals surface area contributed by atoms with E-state index in [1.807, 2.05) is 6.92 Å². The number of rotatable bonds is 2. The zero-order valence-electron chi connectivity index (χ0n) is 6.79. The summed E-state index contributed by atoms with van der Waals surface area (Å²) in [5.41, 5.74) is 5.53. The Hall–Kier alpha value is -0.0900. The average Bonchev–Trinajstić information content (AvgIpc) is 2.10. The third kappa shape index (κ3) is 2.17. The lowest BCUT2D eigenvalue weighted by atomic mass is 10.1. The minimum atomic E-state index is -2.76. The maximum atomic E-state index is 11.2. The molecule has 2 unspecified atom stereocenters. The van der Waals surface area contributed by atoms with Crippen LogP contribution < -0.4 is 5.73 Å². The van der Waals surface area contributed by atoms with Gasteiger partial charge in [0, 0.05) is 6.04 Å². The average molecular weight is 177 g/mol. The fraction of sp³-hybridized carbons (Fsp3) is 1.00. The number of hydrogen-bond donors (Lipinski definition) is 1. The summed E-state index contributed by atoms with van der Waals surface area (Å²) >= 11 is 0. The summed E-state index contributed by atoms with van der Waals surface area (Å²) in [6.07, 6.45) is 2.26. The third-order valence-corrected chi connectivity index (χ3v) is 4.40. The number of nitrogens with two attached hydrogens (primary N) is 1. The fourth-order valence-electron chi connectivity index (χ4n) is 1.54. The molecule has 0 bridgehead atoms. The Kier molecular flexibility index (Phi) is 2.54. The van der Waals surface area contributed by atoms with E-state index in [1.54, 1.807) is 0 Å². The van der Waals surface area contributed by atoms with Crippen LogP contribution in [0.4, 0.5) is 0 Å². The highest BCUT2D eigenvalue weighted by atomic mass is 32.2. The van der Waals surface area contributed by atoms with Crippen LogP contribution >= 0.6 is 0 Å². The molecule has 2 N–H and O–H groups in total. The van der Waals surface area contributed by atoms with Gasteiger partial charge in [-0.1, -0.05) is 0 Å². The molecule has 1 rings (SSSR count).